The van der Waals surface area contributed by atoms with E-state index in [2.05, 4.69) is 0 Å². The lowest BCUT2D eigenvalue weighted by molar-refractivity contribution is -0.121. The van der Waals surface area contributed by atoms with Crippen molar-refractivity contribution in [1.29, 1.82) is 0 Å². The fourth-order valence-corrected chi connectivity index (χ4v) is 2.04. The van der Waals surface area contributed by atoms with Crippen LogP contribution in [0.5, 0.6) is 5.75 Å². The Hall–Kier alpha value is -2.08. The highest BCUT2D eigenvalue weighted by atomic mass is 16.5. The molecule has 0 aliphatic heterocycles. The van der Waals surface area contributed by atoms with Gasteiger partial charge >= 0.3 is 6.03 Å². The molecule has 0 spiro atoms. The molecule has 2 rings (SSSR count). The van der Waals surface area contributed by atoms with Crippen LogP contribution in [0, 0.1) is 0 Å². The van der Waals surface area contributed by atoms with Crippen molar-refractivity contribution in [3.63, 3.8) is 0 Å². The van der Waals surface area contributed by atoms with Gasteiger partial charge in [-0.2, -0.15) is 0 Å². The van der Waals surface area contributed by atoms with Crippen LogP contribution >= 0.6 is 0 Å². The standard InChI is InChI=1S/C12H15N3O3/c13-10-4-1-7-5-8(2-3-9(7)10)18-6-11(16)15-12(14)17/h2-3,5,10H,1,4,6,13H2,(H3,14,15,16,17). The number of hydrogen-bond donors (Lipinski definition) is 3. The lowest BCUT2D eigenvalue weighted by atomic mass is 10.1. The third-order valence-corrected chi connectivity index (χ3v) is 2.87. The molecule has 0 aromatic heterocycles. The first-order valence-corrected chi connectivity index (χ1v) is 5.67. The fraction of sp³-hybridized carbons (Fsp3) is 0.333. The Labute approximate surface area is 104 Å². The minimum atomic E-state index is -0.886. The number of carbonyl (C=O) groups excluding carboxylic acids is 2. The number of urea groups is 1. The molecule has 18 heavy (non-hydrogen) atoms. The third-order valence-electron chi connectivity index (χ3n) is 2.87. The molecule has 96 valence electrons. The Morgan fingerprint density at radius 3 is 2.94 bits per heavy atom. The second-order valence-corrected chi connectivity index (χ2v) is 4.21. The molecular formula is C12H15N3O3. The summed E-state index contributed by atoms with van der Waals surface area (Å²) >= 11 is 0. The largest absolute Gasteiger partial charge is 0.484 e. The van der Waals surface area contributed by atoms with Gasteiger partial charge in [0.15, 0.2) is 6.61 Å². The Bertz CT molecular complexity index is 487. The molecule has 0 heterocycles. The number of fused-ring (bicyclic) bond motifs is 1. The van der Waals surface area contributed by atoms with Crippen molar-refractivity contribution in [3.05, 3.63) is 29.3 Å². The second-order valence-electron chi connectivity index (χ2n) is 4.21. The quantitative estimate of drug-likeness (QED) is 0.711. The number of imide groups is 1. The van der Waals surface area contributed by atoms with Gasteiger partial charge in [-0.3, -0.25) is 10.1 Å². The van der Waals surface area contributed by atoms with Crippen molar-refractivity contribution < 1.29 is 14.3 Å². The molecule has 3 amide bonds. The SMILES string of the molecule is NC(=O)NC(=O)COc1ccc2c(c1)CCC2N. The van der Waals surface area contributed by atoms with E-state index in [9.17, 15) is 9.59 Å². The first kappa shape index (κ1) is 12.4. The lowest BCUT2D eigenvalue weighted by Gasteiger charge is -2.08. The zero-order chi connectivity index (χ0) is 13.1. The zero-order valence-electron chi connectivity index (χ0n) is 9.81. The first-order valence-electron chi connectivity index (χ1n) is 5.67. The maximum absolute atomic E-state index is 11.2. The first-order chi connectivity index (χ1) is 8.56. The zero-order valence-corrected chi connectivity index (χ0v) is 9.81. The molecule has 1 unspecified atom stereocenters. The number of benzene rings is 1. The number of rotatable bonds is 3. The summed E-state index contributed by atoms with van der Waals surface area (Å²) in [4.78, 5) is 21.6. The molecule has 1 aromatic rings. The number of ether oxygens (including phenoxy) is 1. The number of nitrogens with one attached hydrogen (secondary N) is 1. The number of carbonyl (C=O) groups is 2. The monoisotopic (exact) mass is 249 g/mol. The maximum atomic E-state index is 11.2. The van der Waals surface area contributed by atoms with Crippen molar-refractivity contribution in [3.8, 4) is 5.75 Å². The van der Waals surface area contributed by atoms with E-state index >= 15 is 0 Å². The average molecular weight is 249 g/mol. The van der Waals surface area contributed by atoms with E-state index in [4.69, 9.17) is 16.2 Å². The summed E-state index contributed by atoms with van der Waals surface area (Å²) in [6.07, 6.45) is 1.85. The number of aryl methyl sites for hydroxylation is 1. The van der Waals surface area contributed by atoms with E-state index in [0.717, 1.165) is 24.0 Å². The molecule has 0 bridgehead atoms. The van der Waals surface area contributed by atoms with Crippen LogP contribution in [0.1, 0.15) is 23.6 Å². The Morgan fingerprint density at radius 1 is 1.44 bits per heavy atom. The van der Waals surface area contributed by atoms with E-state index in [1.165, 1.54) is 0 Å². The minimum absolute atomic E-state index is 0.0900. The molecular weight excluding hydrogens is 234 g/mol. The van der Waals surface area contributed by atoms with Gasteiger partial charge in [0.2, 0.25) is 0 Å². The molecule has 1 aliphatic carbocycles. The van der Waals surface area contributed by atoms with Gasteiger partial charge in [0.1, 0.15) is 5.75 Å². The molecule has 6 heteroatoms. The molecule has 6 nitrogen and oxygen atoms in total. The van der Waals surface area contributed by atoms with E-state index in [0.29, 0.717) is 5.75 Å². The second kappa shape index (κ2) is 5.05. The van der Waals surface area contributed by atoms with Gasteiger partial charge in [-0.05, 0) is 36.1 Å². The van der Waals surface area contributed by atoms with Crippen LogP contribution in [0.3, 0.4) is 0 Å². The summed E-state index contributed by atoms with van der Waals surface area (Å²) in [7, 11) is 0. The van der Waals surface area contributed by atoms with Gasteiger partial charge in [-0.25, -0.2) is 4.79 Å². The van der Waals surface area contributed by atoms with Gasteiger partial charge in [0, 0.05) is 6.04 Å². The van der Waals surface area contributed by atoms with Crippen LogP contribution in [-0.4, -0.2) is 18.5 Å². The molecule has 1 atom stereocenters. The minimum Gasteiger partial charge on any atom is -0.484 e. The van der Waals surface area contributed by atoms with Crippen molar-refractivity contribution >= 4 is 11.9 Å². The Kier molecular flexibility index (Phi) is 3.47. The van der Waals surface area contributed by atoms with Gasteiger partial charge in [0.25, 0.3) is 5.91 Å². The lowest BCUT2D eigenvalue weighted by Crippen LogP contribution is -2.38. The van der Waals surface area contributed by atoms with Crippen molar-refractivity contribution in [1.82, 2.24) is 5.32 Å². The molecule has 0 saturated heterocycles. The smallest absolute Gasteiger partial charge is 0.318 e. The molecule has 1 aromatic carbocycles. The Balaban J connectivity index is 1.95. The summed E-state index contributed by atoms with van der Waals surface area (Å²) in [5.41, 5.74) is 13.0. The van der Waals surface area contributed by atoms with Crippen LogP contribution in [-0.2, 0) is 11.2 Å². The van der Waals surface area contributed by atoms with E-state index in [-0.39, 0.29) is 12.6 Å². The van der Waals surface area contributed by atoms with Crippen LogP contribution in [0.25, 0.3) is 0 Å². The van der Waals surface area contributed by atoms with Gasteiger partial charge in [-0.1, -0.05) is 6.07 Å². The number of hydrogen-bond acceptors (Lipinski definition) is 4. The third kappa shape index (κ3) is 2.78. The number of nitrogens with two attached hydrogens (primary N) is 2. The highest BCUT2D eigenvalue weighted by molar-refractivity contribution is 5.94. The summed E-state index contributed by atoms with van der Waals surface area (Å²) in [5.74, 6) is 0.0159. The van der Waals surface area contributed by atoms with Crippen molar-refractivity contribution in [2.45, 2.75) is 18.9 Å². The van der Waals surface area contributed by atoms with Crippen molar-refractivity contribution in [2.75, 3.05) is 6.61 Å². The predicted octanol–water partition coefficient (Wildman–Crippen LogP) is 0.206. The number of primary amides is 1. The predicted molar refractivity (Wildman–Crippen MR) is 64.9 cm³/mol. The summed E-state index contributed by atoms with van der Waals surface area (Å²) in [5, 5.41) is 1.93. The van der Waals surface area contributed by atoms with Gasteiger partial charge < -0.3 is 16.2 Å². The van der Waals surface area contributed by atoms with Crippen LogP contribution < -0.4 is 21.5 Å². The molecule has 5 N–H and O–H groups in total. The van der Waals surface area contributed by atoms with Gasteiger partial charge in [0.05, 0.1) is 0 Å². The summed E-state index contributed by atoms with van der Waals surface area (Å²) in [6.45, 7) is -0.242. The average Bonchev–Trinajstić information content (AvgIpc) is 2.67. The normalized spacial score (nSPS) is 17.1. The van der Waals surface area contributed by atoms with Crippen LogP contribution in [0.2, 0.25) is 0 Å². The van der Waals surface area contributed by atoms with Crippen molar-refractivity contribution in [2.24, 2.45) is 11.5 Å². The number of amides is 3. The highest BCUT2D eigenvalue weighted by Crippen LogP contribution is 2.31. The molecule has 0 radical (unpaired) electrons. The topological polar surface area (TPSA) is 107 Å². The highest BCUT2D eigenvalue weighted by Gasteiger charge is 2.19. The van der Waals surface area contributed by atoms with E-state index < -0.39 is 11.9 Å². The molecule has 0 saturated carbocycles. The molecule has 1 aliphatic rings. The van der Waals surface area contributed by atoms with E-state index in [1.54, 1.807) is 6.07 Å². The Morgan fingerprint density at radius 2 is 2.22 bits per heavy atom. The van der Waals surface area contributed by atoms with Crippen LogP contribution in [0.15, 0.2) is 18.2 Å². The van der Waals surface area contributed by atoms with E-state index in [1.807, 2.05) is 17.4 Å². The maximum Gasteiger partial charge on any atom is 0.318 e. The summed E-state index contributed by atoms with van der Waals surface area (Å²) in [6, 6.07) is 4.76. The summed E-state index contributed by atoms with van der Waals surface area (Å²) < 4.78 is 5.27. The van der Waals surface area contributed by atoms with Crippen LogP contribution in [0.4, 0.5) is 4.79 Å². The van der Waals surface area contributed by atoms with Gasteiger partial charge in [-0.15, -0.1) is 0 Å². The fourth-order valence-electron chi connectivity index (χ4n) is 2.04. The molecule has 0 fully saturated rings.